The van der Waals surface area contributed by atoms with Crippen molar-refractivity contribution < 1.29 is 9.50 Å². The van der Waals surface area contributed by atoms with Gasteiger partial charge in [-0.2, -0.15) is 0 Å². The summed E-state index contributed by atoms with van der Waals surface area (Å²) in [6.07, 6.45) is 4.95. The lowest BCUT2D eigenvalue weighted by molar-refractivity contribution is 0.159. The summed E-state index contributed by atoms with van der Waals surface area (Å²) in [6.45, 7) is 0. The summed E-state index contributed by atoms with van der Waals surface area (Å²) >= 11 is 0. The molecule has 0 spiro atoms. The molecule has 0 aromatic rings. The summed E-state index contributed by atoms with van der Waals surface area (Å²) in [5.74, 6) is -0.0136. The Morgan fingerprint density at radius 1 is 1.58 bits per heavy atom. The van der Waals surface area contributed by atoms with Crippen LogP contribution in [0.3, 0.4) is 0 Å². The molecule has 1 fully saturated rings. The Morgan fingerprint density at radius 3 is 3.08 bits per heavy atom. The second-order valence-electron chi connectivity index (χ2n) is 3.53. The largest absolute Gasteiger partial charge is 0.391 e. The zero-order chi connectivity index (χ0) is 8.72. The minimum absolute atomic E-state index is 0.00926. The SMILES string of the molecule is NC1C(O)CC2C=CC(F)=CC21. The van der Waals surface area contributed by atoms with Gasteiger partial charge < -0.3 is 10.8 Å². The number of hydrogen-bond acceptors (Lipinski definition) is 2. The highest BCUT2D eigenvalue weighted by atomic mass is 19.1. The van der Waals surface area contributed by atoms with Crippen molar-refractivity contribution in [2.45, 2.75) is 18.6 Å². The standard InChI is InChI=1S/C9H12FNO/c10-6-2-1-5-3-8(12)9(11)7(5)4-6/h1-2,4-5,7-9,12H,3,11H2. The molecule has 3 heteroatoms. The fourth-order valence-electron chi connectivity index (χ4n) is 2.03. The summed E-state index contributed by atoms with van der Waals surface area (Å²) in [6, 6.07) is -0.300. The van der Waals surface area contributed by atoms with Crippen LogP contribution >= 0.6 is 0 Å². The van der Waals surface area contributed by atoms with Crippen LogP contribution in [0.2, 0.25) is 0 Å². The molecule has 0 heterocycles. The van der Waals surface area contributed by atoms with Crippen LogP contribution in [0.25, 0.3) is 0 Å². The number of rotatable bonds is 0. The third-order valence-corrected chi connectivity index (χ3v) is 2.75. The summed E-state index contributed by atoms with van der Waals surface area (Å²) in [5, 5.41) is 9.40. The van der Waals surface area contributed by atoms with Gasteiger partial charge in [-0.05, 0) is 24.5 Å². The van der Waals surface area contributed by atoms with Crippen molar-refractivity contribution in [2.24, 2.45) is 17.6 Å². The number of hydrogen-bond donors (Lipinski definition) is 2. The second kappa shape index (κ2) is 2.68. The highest BCUT2D eigenvalue weighted by Gasteiger charge is 2.39. The topological polar surface area (TPSA) is 46.2 Å². The van der Waals surface area contributed by atoms with E-state index in [-0.39, 0.29) is 23.7 Å². The van der Waals surface area contributed by atoms with Crippen LogP contribution in [0, 0.1) is 11.8 Å². The summed E-state index contributed by atoms with van der Waals surface area (Å²) in [4.78, 5) is 0. The van der Waals surface area contributed by atoms with Crippen molar-refractivity contribution in [1.29, 1.82) is 0 Å². The minimum atomic E-state index is -0.480. The molecule has 0 aromatic carbocycles. The molecule has 2 rings (SSSR count). The van der Waals surface area contributed by atoms with Crippen molar-refractivity contribution in [3.05, 3.63) is 24.1 Å². The quantitative estimate of drug-likeness (QED) is 0.561. The van der Waals surface area contributed by atoms with Gasteiger partial charge in [0, 0.05) is 12.0 Å². The van der Waals surface area contributed by atoms with Gasteiger partial charge in [0.1, 0.15) is 5.83 Å². The van der Waals surface area contributed by atoms with E-state index >= 15 is 0 Å². The summed E-state index contributed by atoms with van der Waals surface area (Å²) in [5.41, 5.74) is 5.70. The first-order valence-electron chi connectivity index (χ1n) is 4.17. The Hall–Kier alpha value is -0.670. The Labute approximate surface area is 70.6 Å². The van der Waals surface area contributed by atoms with Crippen molar-refractivity contribution in [1.82, 2.24) is 0 Å². The molecule has 0 aliphatic heterocycles. The average molecular weight is 169 g/mol. The highest BCUT2D eigenvalue weighted by molar-refractivity contribution is 5.24. The Morgan fingerprint density at radius 2 is 2.33 bits per heavy atom. The molecule has 12 heavy (non-hydrogen) atoms. The van der Waals surface area contributed by atoms with E-state index in [1.807, 2.05) is 0 Å². The molecular weight excluding hydrogens is 157 g/mol. The van der Waals surface area contributed by atoms with Gasteiger partial charge in [0.25, 0.3) is 0 Å². The Balaban J connectivity index is 2.23. The minimum Gasteiger partial charge on any atom is -0.391 e. The van der Waals surface area contributed by atoms with Crippen LogP contribution in [0.4, 0.5) is 4.39 Å². The van der Waals surface area contributed by atoms with Gasteiger partial charge in [-0.25, -0.2) is 4.39 Å². The maximum absolute atomic E-state index is 12.8. The predicted molar refractivity (Wildman–Crippen MR) is 43.9 cm³/mol. The zero-order valence-corrected chi connectivity index (χ0v) is 6.65. The molecule has 1 saturated carbocycles. The van der Waals surface area contributed by atoms with Gasteiger partial charge in [0.2, 0.25) is 0 Å². The number of halogens is 1. The first kappa shape index (κ1) is 7.95. The van der Waals surface area contributed by atoms with E-state index in [1.165, 1.54) is 12.2 Å². The number of fused-ring (bicyclic) bond motifs is 1. The summed E-state index contributed by atoms with van der Waals surface area (Å²) in [7, 11) is 0. The monoisotopic (exact) mass is 169 g/mol. The number of allylic oxidation sites excluding steroid dienone is 3. The average Bonchev–Trinajstić information content (AvgIpc) is 2.31. The lowest BCUT2D eigenvalue weighted by Gasteiger charge is -2.19. The Bertz CT molecular complexity index is 249. The van der Waals surface area contributed by atoms with Crippen LogP contribution in [0.15, 0.2) is 24.1 Å². The fourth-order valence-corrected chi connectivity index (χ4v) is 2.03. The van der Waals surface area contributed by atoms with Gasteiger partial charge >= 0.3 is 0 Å². The van der Waals surface area contributed by atoms with E-state index in [1.54, 1.807) is 6.08 Å². The molecule has 2 nitrogen and oxygen atoms in total. The number of aliphatic hydroxyl groups excluding tert-OH is 1. The molecule has 4 atom stereocenters. The third-order valence-electron chi connectivity index (χ3n) is 2.75. The van der Waals surface area contributed by atoms with E-state index < -0.39 is 6.10 Å². The van der Waals surface area contributed by atoms with Gasteiger partial charge in [0.05, 0.1) is 6.10 Å². The molecule has 0 aromatic heterocycles. The lowest BCUT2D eigenvalue weighted by Crippen LogP contribution is -2.34. The fraction of sp³-hybridized carbons (Fsp3) is 0.556. The van der Waals surface area contributed by atoms with Crippen molar-refractivity contribution in [3.63, 3.8) is 0 Å². The zero-order valence-electron chi connectivity index (χ0n) is 6.65. The second-order valence-corrected chi connectivity index (χ2v) is 3.53. The number of aliphatic hydroxyl groups is 1. The van der Waals surface area contributed by atoms with E-state index in [4.69, 9.17) is 5.73 Å². The first-order chi connectivity index (χ1) is 5.68. The first-order valence-corrected chi connectivity index (χ1v) is 4.17. The van der Waals surface area contributed by atoms with E-state index in [2.05, 4.69) is 0 Å². The third kappa shape index (κ3) is 1.09. The molecule has 3 N–H and O–H groups in total. The maximum atomic E-state index is 12.8. The molecule has 66 valence electrons. The predicted octanol–water partition coefficient (Wildman–Crippen LogP) is 0.734. The van der Waals surface area contributed by atoms with Gasteiger partial charge in [-0.15, -0.1) is 0 Å². The van der Waals surface area contributed by atoms with Crippen molar-refractivity contribution >= 4 is 0 Å². The van der Waals surface area contributed by atoms with Crippen molar-refractivity contribution in [3.8, 4) is 0 Å². The van der Waals surface area contributed by atoms with Crippen LogP contribution in [0.5, 0.6) is 0 Å². The molecule has 2 aliphatic carbocycles. The Kier molecular flexibility index (Phi) is 1.77. The molecule has 0 bridgehead atoms. The van der Waals surface area contributed by atoms with E-state index in [0.717, 1.165) is 0 Å². The molecule has 2 aliphatic rings. The summed E-state index contributed by atoms with van der Waals surface area (Å²) < 4.78 is 12.8. The maximum Gasteiger partial charge on any atom is 0.119 e. The van der Waals surface area contributed by atoms with Gasteiger partial charge in [-0.1, -0.05) is 6.08 Å². The lowest BCUT2D eigenvalue weighted by atomic mass is 9.90. The molecule has 0 amide bonds. The van der Waals surface area contributed by atoms with Crippen LogP contribution < -0.4 is 5.73 Å². The number of nitrogens with two attached hydrogens (primary N) is 1. The molecule has 0 saturated heterocycles. The van der Waals surface area contributed by atoms with Crippen LogP contribution in [-0.2, 0) is 0 Å². The molecular formula is C9H12FNO. The van der Waals surface area contributed by atoms with E-state index in [0.29, 0.717) is 6.42 Å². The normalized spacial score (nSPS) is 45.8. The van der Waals surface area contributed by atoms with Gasteiger partial charge in [0.15, 0.2) is 0 Å². The van der Waals surface area contributed by atoms with E-state index in [9.17, 15) is 9.50 Å². The van der Waals surface area contributed by atoms with Crippen molar-refractivity contribution in [2.75, 3.05) is 0 Å². The van der Waals surface area contributed by atoms with Crippen LogP contribution in [0.1, 0.15) is 6.42 Å². The van der Waals surface area contributed by atoms with Gasteiger partial charge in [-0.3, -0.25) is 0 Å². The van der Waals surface area contributed by atoms with Crippen LogP contribution in [-0.4, -0.2) is 17.3 Å². The highest BCUT2D eigenvalue weighted by Crippen LogP contribution is 2.36. The smallest absolute Gasteiger partial charge is 0.119 e. The molecule has 4 unspecified atom stereocenters. The molecule has 0 radical (unpaired) electrons.